The van der Waals surface area contributed by atoms with Gasteiger partial charge in [-0.05, 0) is 22.3 Å². The van der Waals surface area contributed by atoms with Crippen molar-refractivity contribution in [1.82, 2.24) is 0 Å². The zero-order valence-corrected chi connectivity index (χ0v) is 31.4. The van der Waals surface area contributed by atoms with Gasteiger partial charge in [-0.1, -0.05) is 263 Å². The molecule has 250 valence electrons. The first-order valence-electron chi connectivity index (χ1n) is 18.3. The van der Waals surface area contributed by atoms with E-state index in [0.717, 1.165) is 0 Å². The van der Waals surface area contributed by atoms with Gasteiger partial charge in [0.1, 0.15) is 16.9 Å². The minimum absolute atomic E-state index is 0.0440. The topological polar surface area (TPSA) is 0 Å². The molecule has 0 nitrogen and oxygen atoms in total. The summed E-state index contributed by atoms with van der Waals surface area (Å²) in [5.41, 5.74) is 5.49. The van der Waals surface area contributed by atoms with Crippen molar-refractivity contribution >= 4 is 37.6 Å². The third-order valence-corrected chi connectivity index (χ3v) is 22.6. The van der Waals surface area contributed by atoms with E-state index < -0.39 is 21.5 Å². The van der Waals surface area contributed by atoms with Crippen LogP contribution in [0.5, 0.6) is 0 Å². The molecule has 0 N–H and O–H groups in total. The van der Waals surface area contributed by atoms with E-state index >= 15 is 0 Å². The Kier molecular flexibility index (Phi) is 9.75. The molecule has 0 unspecified atom stereocenters. The van der Waals surface area contributed by atoms with Crippen molar-refractivity contribution in [2.24, 2.45) is 0 Å². The molecule has 0 spiro atoms. The van der Waals surface area contributed by atoms with E-state index in [1.807, 2.05) is 0 Å². The van der Waals surface area contributed by atoms with Crippen LogP contribution in [0.4, 0.5) is 0 Å². The van der Waals surface area contributed by atoms with Gasteiger partial charge in [0.25, 0.3) is 0 Å². The summed E-state index contributed by atoms with van der Waals surface area (Å²) in [5.74, 6) is 0. The third-order valence-electron chi connectivity index (χ3n) is 10.9. The number of hydrogen-bond donors (Lipinski definition) is 0. The zero-order valence-electron chi connectivity index (χ0n) is 29.2. The molecule has 0 amide bonds. The molecule has 0 aliphatic rings. The van der Waals surface area contributed by atoms with Crippen LogP contribution in [0.25, 0.3) is 0 Å². The molecule has 0 aromatic heterocycles. The summed E-state index contributed by atoms with van der Waals surface area (Å²) >= 11 is 0. The Morgan fingerprint density at radius 1 is 0.308 bits per heavy atom. The van der Waals surface area contributed by atoms with Gasteiger partial charge in [-0.15, -0.1) is 0 Å². The molecular formula is C50H42Si2. The minimum atomic E-state index is -3.29. The van der Waals surface area contributed by atoms with Crippen LogP contribution in [0.1, 0.15) is 27.8 Å². The second-order valence-electron chi connectivity index (χ2n) is 13.6. The summed E-state index contributed by atoms with van der Waals surface area (Å²) < 4.78 is -0.461. The van der Waals surface area contributed by atoms with Crippen LogP contribution in [0.3, 0.4) is 0 Å². The molecule has 8 aromatic rings. The SMILES string of the molecule is c1ccc(C(c2ccccc2)[Si](c2ccccc2)(c2ccccc2)C(c2ccccc2)(c2ccccc2)[SiH](c2ccccc2)c2ccccc2)cc1. The maximum Gasteiger partial charge on any atom is 0.141 e. The molecule has 0 aliphatic carbocycles. The molecule has 0 bridgehead atoms. The summed E-state index contributed by atoms with van der Waals surface area (Å²) in [6, 6.07) is 92.3. The first-order valence-corrected chi connectivity index (χ1v) is 22.1. The second kappa shape index (κ2) is 15.2. The Morgan fingerprint density at radius 2 is 0.577 bits per heavy atom. The van der Waals surface area contributed by atoms with Crippen molar-refractivity contribution in [3.05, 3.63) is 265 Å². The third kappa shape index (κ3) is 5.80. The Labute approximate surface area is 311 Å². The van der Waals surface area contributed by atoms with Crippen LogP contribution in [-0.2, 0) is 4.66 Å². The lowest BCUT2D eigenvalue weighted by Gasteiger charge is -2.58. The smallest absolute Gasteiger partial charge is 0.0629 e. The predicted molar refractivity (Wildman–Crippen MR) is 226 cm³/mol. The van der Waals surface area contributed by atoms with Crippen molar-refractivity contribution in [2.75, 3.05) is 0 Å². The molecule has 2 heteroatoms. The van der Waals surface area contributed by atoms with Gasteiger partial charge in [0.2, 0.25) is 0 Å². The summed E-state index contributed by atoms with van der Waals surface area (Å²) in [6.45, 7) is 0. The summed E-state index contributed by atoms with van der Waals surface area (Å²) in [6.07, 6.45) is 0. The van der Waals surface area contributed by atoms with E-state index in [4.69, 9.17) is 0 Å². The maximum absolute atomic E-state index is 3.29. The van der Waals surface area contributed by atoms with Crippen molar-refractivity contribution < 1.29 is 0 Å². The Hall–Kier alpha value is -5.81. The van der Waals surface area contributed by atoms with E-state index in [9.17, 15) is 0 Å². The van der Waals surface area contributed by atoms with Gasteiger partial charge in [-0.2, -0.15) is 0 Å². The maximum atomic E-state index is 2.46. The van der Waals surface area contributed by atoms with Crippen LogP contribution in [0.2, 0.25) is 0 Å². The van der Waals surface area contributed by atoms with E-state index in [1.54, 1.807) is 0 Å². The zero-order chi connectivity index (χ0) is 35.1. The first-order chi connectivity index (χ1) is 25.8. The van der Waals surface area contributed by atoms with Gasteiger partial charge in [0.15, 0.2) is 0 Å². The van der Waals surface area contributed by atoms with Gasteiger partial charge < -0.3 is 0 Å². The fourth-order valence-corrected chi connectivity index (χ4v) is 23.5. The normalized spacial score (nSPS) is 11.8. The average Bonchev–Trinajstić information content (AvgIpc) is 3.24. The summed E-state index contributed by atoms with van der Waals surface area (Å²) in [7, 11) is -5.65. The lowest BCUT2D eigenvalue weighted by atomic mass is 10.0. The largest absolute Gasteiger partial charge is 0.141 e. The lowest BCUT2D eigenvalue weighted by molar-refractivity contribution is 0.911. The van der Waals surface area contributed by atoms with Crippen molar-refractivity contribution in [1.29, 1.82) is 0 Å². The second-order valence-corrected chi connectivity index (χ2v) is 21.4. The van der Waals surface area contributed by atoms with Crippen molar-refractivity contribution in [2.45, 2.75) is 10.2 Å². The molecule has 0 atom stereocenters. The monoisotopic (exact) mass is 698 g/mol. The Balaban J connectivity index is 1.71. The molecule has 8 aromatic carbocycles. The van der Waals surface area contributed by atoms with Crippen LogP contribution >= 0.6 is 0 Å². The number of benzene rings is 8. The van der Waals surface area contributed by atoms with Crippen molar-refractivity contribution in [3.63, 3.8) is 0 Å². The van der Waals surface area contributed by atoms with E-state index in [0.29, 0.717) is 0 Å². The molecule has 0 heterocycles. The molecule has 52 heavy (non-hydrogen) atoms. The fourth-order valence-electron chi connectivity index (χ4n) is 9.14. The fraction of sp³-hybridized carbons (Fsp3) is 0.0400. The van der Waals surface area contributed by atoms with Gasteiger partial charge in [-0.3, -0.25) is 0 Å². The van der Waals surface area contributed by atoms with Crippen LogP contribution < -0.4 is 20.7 Å². The standard InChI is InChI=1S/C50H42Si2/c1-9-25-41(26-10-1)49(42-27-11-2-12-28-42)52(47-37-21-7-22-38-47,48-39-23-8-24-40-48)50(43-29-13-3-14-30-43,44-31-15-4-16-32-44)51(45-33-17-5-18-34-45)46-35-19-6-20-36-46/h1-40,49,51H. The molecular weight excluding hydrogens is 657 g/mol. The molecule has 0 radical (unpaired) electrons. The minimum Gasteiger partial charge on any atom is -0.0629 e. The summed E-state index contributed by atoms with van der Waals surface area (Å²) in [5, 5.41) is 5.72. The molecule has 8 rings (SSSR count). The van der Waals surface area contributed by atoms with Crippen LogP contribution in [0, 0.1) is 0 Å². The van der Waals surface area contributed by atoms with E-state index in [1.165, 1.54) is 43.0 Å². The van der Waals surface area contributed by atoms with E-state index in [-0.39, 0.29) is 5.54 Å². The molecule has 0 aliphatic heterocycles. The Bertz CT molecular complexity index is 1940. The Morgan fingerprint density at radius 3 is 0.904 bits per heavy atom. The lowest BCUT2D eigenvalue weighted by Crippen LogP contribution is -2.82. The van der Waals surface area contributed by atoms with Crippen molar-refractivity contribution in [3.8, 4) is 0 Å². The van der Waals surface area contributed by atoms with Gasteiger partial charge in [0.05, 0.1) is 0 Å². The average molecular weight is 699 g/mol. The first kappa shape index (κ1) is 33.3. The van der Waals surface area contributed by atoms with Gasteiger partial charge >= 0.3 is 0 Å². The summed E-state index contributed by atoms with van der Waals surface area (Å²) in [4.78, 5) is 0. The van der Waals surface area contributed by atoms with E-state index in [2.05, 4.69) is 243 Å². The molecule has 0 saturated heterocycles. The molecule has 0 fully saturated rings. The predicted octanol–water partition coefficient (Wildman–Crippen LogP) is 8.73. The number of hydrogen-bond acceptors (Lipinski definition) is 0. The van der Waals surface area contributed by atoms with Crippen LogP contribution in [-0.4, -0.2) is 16.9 Å². The number of rotatable bonds is 11. The highest BCUT2D eigenvalue weighted by Crippen LogP contribution is 2.50. The highest BCUT2D eigenvalue weighted by Gasteiger charge is 2.65. The quantitative estimate of drug-likeness (QED) is 0.119. The molecule has 0 saturated carbocycles. The van der Waals surface area contributed by atoms with Gasteiger partial charge in [-0.25, -0.2) is 0 Å². The highest BCUT2D eigenvalue weighted by molar-refractivity contribution is 7.15. The van der Waals surface area contributed by atoms with Gasteiger partial charge in [0, 0.05) is 10.2 Å². The highest BCUT2D eigenvalue weighted by atomic mass is 28.4. The van der Waals surface area contributed by atoms with Crippen LogP contribution in [0.15, 0.2) is 243 Å².